The molecule has 5 heterocycles. The molecule has 516 valence electrons. The van der Waals surface area contributed by atoms with Crippen LogP contribution in [0.1, 0.15) is 62.9 Å². The van der Waals surface area contributed by atoms with Gasteiger partial charge < -0.3 is 101 Å². The van der Waals surface area contributed by atoms with Crippen molar-refractivity contribution in [2.45, 2.75) is 138 Å². The number of carbonyl (C=O) groups excluding carboxylic acids is 7. The first kappa shape index (κ1) is 71.4. The smallest absolute Gasteiger partial charge is 0.261 e. The van der Waals surface area contributed by atoms with Crippen molar-refractivity contribution < 1.29 is 92.9 Å². The van der Waals surface area contributed by atoms with E-state index in [-0.39, 0.29) is 60.9 Å². The third-order valence-electron chi connectivity index (χ3n) is 17.9. The number of carbonyl (C=O) groups is 7. The lowest BCUT2D eigenvalue weighted by Gasteiger charge is -2.37. The van der Waals surface area contributed by atoms with Crippen LogP contribution in [-0.2, 0) is 49.3 Å². The van der Waals surface area contributed by atoms with Crippen molar-refractivity contribution in [3.63, 3.8) is 0 Å². The lowest BCUT2D eigenvalue weighted by atomic mass is 9.98. The number of aromatic hydroxyl groups is 1. The number of amides is 7. The molecule has 0 unspecified atom stereocenters. The molecule has 15 N–H and O–H groups in total. The summed E-state index contributed by atoms with van der Waals surface area (Å²) in [6.45, 7) is 9.50. The number of aliphatic hydroxyl groups is 6. The van der Waals surface area contributed by atoms with E-state index in [1.54, 1.807) is 24.3 Å². The number of hydrogen-bond acceptors (Lipinski definition) is 24. The van der Waals surface area contributed by atoms with Gasteiger partial charge in [-0.25, -0.2) is 5.26 Å². The number of hydrogen-bond donors (Lipinski definition) is 14. The van der Waals surface area contributed by atoms with E-state index in [2.05, 4.69) is 113 Å². The Balaban J connectivity index is 0.925. The Kier molecular flexibility index (Phi) is 24.2. The summed E-state index contributed by atoms with van der Waals surface area (Å²) in [7, 11) is 0. The summed E-state index contributed by atoms with van der Waals surface area (Å²) in [6.07, 6.45) is -11.8. The maximum atomic E-state index is 14.7. The van der Waals surface area contributed by atoms with Gasteiger partial charge in [-0.05, 0) is 111 Å². The first-order chi connectivity index (χ1) is 45.4. The molecule has 5 aliphatic heterocycles. The molecule has 0 bridgehead atoms. The van der Waals surface area contributed by atoms with E-state index < -0.39 is 158 Å². The van der Waals surface area contributed by atoms with Crippen LogP contribution in [0.5, 0.6) is 11.5 Å². The van der Waals surface area contributed by atoms with E-state index in [1.807, 2.05) is 0 Å². The van der Waals surface area contributed by atoms with Gasteiger partial charge in [0.1, 0.15) is 36.3 Å². The number of piperazine rings is 1. The molecule has 95 heavy (non-hydrogen) atoms. The minimum absolute atomic E-state index is 0.0851. The molecular formula is C64H85N11O19S. The SMILES string of the molecule is C[C@@H]1CN(c2ccc(-c3ccc(N4CCN(c5ccc(C(=O)N[C@H]6C[C@H](O)CNC(=O)[C@@H]7[C@@H](O)[C@H](C)CN7C(=O)[C@H]([C@H](O)CCN)NC(=O)[C@H]([C@H](O)Cc7ccc(O)c(OSOOO)c7)NC(=O)[C@@H]7C[C@H](O)CN7C(=O)[C@H]([C@H](C)O)NC6=O)cc5)CC4)cc3)cc2)C[C@H](C)O1. The van der Waals surface area contributed by atoms with Crippen molar-refractivity contribution in [2.75, 3.05) is 80.1 Å². The summed E-state index contributed by atoms with van der Waals surface area (Å²) in [6, 6.07) is 16.2. The first-order valence-corrected chi connectivity index (χ1v) is 32.3. The summed E-state index contributed by atoms with van der Waals surface area (Å²) in [5, 5.41) is 103. The molecule has 5 fully saturated rings. The van der Waals surface area contributed by atoms with E-state index in [1.165, 1.54) is 19.1 Å². The second kappa shape index (κ2) is 32.2. The standard InChI is InChI=1S/C64H85N11O19S/c1-34-30-75-56(57(34)82)62(87)66-29-45(77)27-47(67-58(83)41-10-16-43(17-11-41)72-23-21-71(22-24-72)42-12-6-39(7-13-42)40-8-14-44(15-9-40)73-31-35(2)91-36(3)32-73)59(84)68-53(37(4)76)63(88)74-33-46(78)28-48(74)60(85)69-54(61(86)70-55(64(75)89)50(80)19-20-65)51(81)25-38-5-18-49(79)52(26-38)92-95-94-93-90/h5-18,26,34-37,45-48,50-51,53-57,76-82,90H,19-25,27-33,65H2,1-4H3,(H,66,87)(H,67,83)(H,68,84)(H,69,85)(H,70,86)/t34-,35-,36+,37+,45+,46+,47+,48+,50-,51-,53+,54+,55+,56+,57+/m1/s1. The average Bonchev–Trinajstić information content (AvgIpc) is 1.69. The summed E-state index contributed by atoms with van der Waals surface area (Å²) >= 11 is 0.0851. The molecule has 4 aromatic carbocycles. The molecule has 7 amide bonds. The summed E-state index contributed by atoms with van der Waals surface area (Å²) in [4.78, 5) is 110. The fourth-order valence-corrected chi connectivity index (χ4v) is 13.1. The number of β-amino-alcohol motifs (C(OH)–C–C–N with tert-alkyl or cyclic N) is 1. The van der Waals surface area contributed by atoms with Crippen LogP contribution in [0.3, 0.4) is 0 Å². The highest BCUT2D eigenvalue weighted by molar-refractivity contribution is 7.90. The number of nitrogens with two attached hydrogens (primary N) is 1. The molecule has 0 spiro atoms. The number of aliphatic hydroxyl groups excluding tert-OH is 6. The van der Waals surface area contributed by atoms with Gasteiger partial charge in [-0.3, -0.25) is 33.6 Å². The van der Waals surface area contributed by atoms with Crippen LogP contribution < -0.4 is 51.2 Å². The lowest BCUT2D eigenvalue weighted by molar-refractivity contribution is -0.433. The van der Waals surface area contributed by atoms with Crippen LogP contribution in [0, 0.1) is 5.92 Å². The molecule has 0 aliphatic carbocycles. The lowest BCUT2D eigenvalue weighted by Crippen LogP contribution is -2.64. The number of benzene rings is 4. The van der Waals surface area contributed by atoms with E-state index >= 15 is 0 Å². The summed E-state index contributed by atoms with van der Waals surface area (Å²) in [5.41, 5.74) is 11.3. The summed E-state index contributed by atoms with van der Waals surface area (Å²) < 4.78 is 15.3. The topological polar surface area (TPSA) is 421 Å². The van der Waals surface area contributed by atoms with Gasteiger partial charge in [-0.15, -0.1) is 0 Å². The molecule has 15 atom stereocenters. The molecule has 5 saturated heterocycles. The van der Waals surface area contributed by atoms with Crippen molar-refractivity contribution in [3.05, 3.63) is 102 Å². The second-order valence-corrected chi connectivity index (χ2v) is 25.4. The average molecular weight is 1340 g/mol. The molecule has 0 radical (unpaired) electrons. The van der Waals surface area contributed by atoms with Gasteiger partial charge in [-0.1, -0.05) is 46.6 Å². The van der Waals surface area contributed by atoms with Crippen molar-refractivity contribution in [3.8, 4) is 22.6 Å². The number of rotatable bonds is 17. The maximum Gasteiger partial charge on any atom is 0.261 e. The minimum Gasteiger partial charge on any atom is -0.504 e. The third kappa shape index (κ3) is 17.6. The zero-order chi connectivity index (χ0) is 68.4. The van der Waals surface area contributed by atoms with Crippen LogP contribution in [0.15, 0.2) is 91.0 Å². The van der Waals surface area contributed by atoms with E-state index in [4.69, 9.17) is 19.9 Å². The molecule has 30 nitrogen and oxygen atoms in total. The number of nitrogens with one attached hydrogen (secondary N) is 5. The fourth-order valence-electron chi connectivity index (χ4n) is 12.8. The number of anilines is 3. The van der Waals surface area contributed by atoms with Gasteiger partial charge in [0.15, 0.2) is 11.5 Å². The van der Waals surface area contributed by atoms with Gasteiger partial charge in [0.05, 0.1) is 48.8 Å². The van der Waals surface area contributed by atoms with Crippen molar-refractivity contribution in [1.29, 1.82) is 0 Å². The minimum atomic E-state index is -2.10. The number of morpholine rings is 1. The Morgan fingerprint density at radius 3 is 1.83 bits per heavy atom. The molecule has 31 heteroatoms. The first-order valence-electron chi connectivity index (χ1n) is 31.6. The quantitative estimate of drug-likeness (QED) is 0.0252. The van der Waals surface area contributed by atoms with E-state index in [0.29, 0.717) is 26.2 Å². The normalized spacial score (nSPS) is 27.9. The maximum absolute atomic E-state index is 14.7. The monoisotopic (exact) mass is 1340 g/mol. The predicted octanol–water partition coefficient (Wildman–Crippen LogP) is -1.34. The number of nitrogens with zero attached hydrogens (tertiary/aromatic N) is 5. The zero-order valence-electron chi connectivity index (χ0n) is 53.0. The highest BCUT2D eigenvalue weighted by Crippen LogP contribution is 2.33. The zero-order valence-corrected chi connectivity index (χ0v) is 53.8. The van der Waals surface area contributed by atoms with Crippen LogP contribution in [0.25, 0.3) is 11.1 Å². The van der Waals surface area contributed by atoms with Crippen molar-refractivity contribution in [2.24, 2.45) is 11.7 Å². The van der Waals surface area contributed by atoms with Gasteiger partial charge in [0, 0.05) is 107 Å². The fraction of sp³-hybridized carbons (Fsp3) is 0.516. The van der Waals surface area contributed by atoms with Crippen LogP contribution in [0.2, 0.25) is 0 Å². The van der Waals surface area contributed by atoms with Gasteiger partial charge in [0.2, 0.25) is 35.4 Å². The molecule has 9 rings (SSSR count). The number of fused-ring (bicyclic) bond motifs is 2. The predicted molar refractivity (Wildman–Crippen MR) is 345 cm³/mol. The van der Waals surface area contributed by atoms with Gasteiger partial charge in [-0.2, -0.15) is 0 Å². The molecule has 5 aliphatic rings. The second-order valence-electron chi connectivity index (χ2n) is 24.9. The Labute approximate surface area is 552 Å². The molecule has 4 aromatic rings. The summed E-state index contributed by atoms with van der Waals surface area (Å²) in [5.74, 6) is -9.17. The molecular weight excluding hydrogens is 1260 g/mol. The third-order valence-corrected chi connectivity index (χ3v) is 18.2. The highest BCUT2D eigenvalue weighted by Gasteiger charge is 2.50. The van der Waals surface area contributed by atoms with Crippen molar-refractivity contribution >= 4 is 70.7 Å². The molecule has 0 aromatic heterocycles. The van der Waals surface area contributed by atoms with Crippen LogP contribution in [0.4, 0.5) is 17.1 Å². The van der Waals surface area contributed by atoms with Gasteiger partial charge >= 0.3 is 0 Å². The van der Waals surface area contributed by atoms with Crippen LogP contribution >= 0.6 is 12.3 Å². The molecule has 0 saturated carbocycles. The van der Waals surface area contributed by atoms with Gasteiger partial charge in [0.25, 0.3) is 18.2 Å². The van der Waals surface area contributed by atoms with Crippen LogP contribution in [-0.4, -0.2) is 243 Å². The van der Waals surface area contributed by atoms with E-state index in [9.17, 15) is 69.3 Å². The Morgan fingerprint density at radius 2 is 1.24 bits per heavy atom. The largest absolute Gasteiger partial charge is 0.504 e. The number of phenolic OH excluding ortho intramolecular Hbond substituents is 1. The highest BCUT2D eigenvalue weighted by atomic mass is 32.2. The number of ether oxygens (including phenoxy) is 1. The Morgan fingerprint density at radius 1 is 0.674 bits per heavy atom. The number of phenols is 1. The van der Waals surface area contributed by atoms with E-state index in [0.717, 1.165) is 64.1 Å². The Hall–Kier alpha value is -7.92. The van der Waals surface area contributed by atoms with Crippen molar-refractivity contribution in [1.82, 2.24) is 36.4 Å². The Bertz CT molecular complexity index is 3310.